The summed E-state index contributed by atoms with van der Waals surface area (Å²) < 4.78 is 2.14. The van der Waals surface area contributed by atoms with E-state index in [0.717, 1.165) is 31.5 Å². The first-order chi connectivity index (χ1) is 12.8. The highest BCUT2D eigenvalue weighted by atomic mass is 79.9. The number of aromatic nitrogens is 2. The van der Waals surface area contributed by atoms with E-state index in [4.69, 9.17) is 0 Å². The zero-order chi connectivity index (χ0) is 18.0. The highest BCUT2D eigenvalue weighted by Gasteiger charge is 2.04. The predicted molar refractivity (Wildman–Crippen MR) is 103 cm³/mol. The lowest BCUT2D eigenvalue weighted by atomic mass is 10.1. The van der Waals surface area contributed by atoms with Crippen molar-refractivity contribution in [1.82, 2.24) is 4.98 Å². The van der Waals surface area contributed by atoms with Gasteiger partial charge in [0.2, 0.25) is 5.91 Å². The Balaban J connectivity index is 0.00000261. The van der Waals surface area contributed by atoms with E-state index in [9.17, 15) is 4.79 Å². The molecule has 3 rings (SSSR count). The van der Waals surface area contributed by atoms with Crippen LogP contribution in [-0.4, -0.2) is 10.9 Å². The number of carbonyl (C=O) groups excluding carboxylic acids is 1. The van der Waals surface area contributed by atoms with Crippen LogP contribution in [0.4, 0.5) is 5.69 Å². The van der Waals surface area contributed by atoms with E-state index in [-0.39, 0.29) is 22.9 Å². The standard InChI is InChI=1S/C22H23N3O.BrH/c26-22(6-2-5-17-25-15-3-1-4-16-25)24-21-9-7-19(8-10-21)18-20-11-13-23-14-12-20;/h1,3-4,7-16H,2,5-6,17-18H2;1H. The normalized spacial score (nSPS) is 10.1. The third-order valence-electron chi connectivity index (χ3n) is 4.24. The molecule has 0 aliphatic carbocycles. The Morgan fingerprint density at radius 3 is 2.26 bits per heavy atom. The van der Waals surface area contributed by atoms with E-state index in [0.29, 0.717) is 6.42 Å². The molecular formula is C22H24BrN3O. The second-order valence-electron chi connectivity index (χ2n) is 6.35. The number of hydrogen-bond acceptors (Lipinski definition) is 2. The van der Waals surface area contributed by atoms with Crippen LogP contribution >= 0.6 is 0 Å². The summed E-state index contributed by atoms with van der Waals surface area (Å²) in [6, 6.07) is 18.1. The monoisotopic (exact) mass is 425 g/mol. The summed E-state index contributed by atoms with van der Waals surface area (Å²) >= 11 is 0. The van der Waals surface area contributed by atoms with E-state index < -0.39 is 0 Å². The van der Waals surface area contributed by atoms with E-state index in [1.807, 2.05) is 54.9 Å². The molecule has 0 spiro atoms. The summed E-state index contributed by atoms with van der Waals surface area (Å²) in [5.41, 5.74) is 3.30. The number of unbranched alkanes of at least 4 members (excludes halogenated alkanes) is 1. The number of anilines is 1. The third kappa shape index (κ3) is 7.31. The van der Waals surface area contributed by atoms with E-state index in [1.54, 1.807) is 12.4 Å². The average molecular weight is 426 g/mol. The van der Waals surface area contributed by atoms with Crippen molar-refractivity contribution in [3.8, 4) is 0 Å². The van der Waals surface area contributed by atoms with Crippen LogP contribution in [-0.2, 0) is 17.8 Å². The molecule has 3 aromatic rings. The molecule has 0 saturated carbocycles. The fourth-order valence-corrected chi connectivity index (χ4v) is 2.83. The minimum Gasteiger partial charge on any atom is -1.00 e. The smallest absolute Gasteiger partial charge is 0.224 e. The zero-order valence-corrected chi connectivity index (χ0v) is 16.8. The molecule has 140 valence electrons. The molecule has 1 N–H and O–H groups in total. The quantitative estimate of drug-likeness (QED) is 0.428. The summed E-state index contributed by atoms with van der Waals surface area (Å²) in [5.74, 6) is 0.0740. The van der Waals surface area contributed by atoms with Crippen molar-refractivity contribution in [2.75, 3.05) is 5.32 Å². The Labute approximate surface area is 171 Å². The van der Waals surface area contributed by atoms with Crippen LogP contribution in [0, 0.1) is 0 Å². The Morgan fingerprint density at radius 2 is 1.56 bits per heavy atom. The number of rotatable bonds is 8. The van der Waals surface area contributed by atoms with Gasteiger partial charge in [0, 0.05) is 43.1 Å². The summed E-state index contributed by atoms with van der Waals surface area (Å²) in [6.07, 6.45) is 11.0. The second kappa shape index (κ2) is 11.2. The first kappa shape index (κ1) is 20.8. The molecule has 0 bridgehead atoms. The molecular weight excluding hydrogens is 402 g/mol. The van der Waals surface area contributed by atoms with E-state index >= 15 is 0 Å². The second-order valence-corrected chi connectivity index (χ2v) is 6.35. The van der Waals surface area contributed by atoms with Crippen LogP contribution in [0.1, 0.15) is 30.4 Å². The number of halogens is 1. The molecule has 0 unspecified atom stereocenters. The third-order valence-corrected chi connectivity index (χ3v) is 4.24. The molecule has 1 amide bonds. The maximum absolute atomic E-state index is 12.1. The Kier molecular flexibility index (Phi) is 8.65. The average Bonchev–Trinajstić information content (AvgIpc) is 2.68. The first-order valence-electron chi connectivity index (χ1n) is 9.01. The maximum Gasteiger partial charge on any atom is 0.224 e. The van der Waals surface area contributed by atoms with Gasteiger partial charge in [-0.2, -0.15) is 0 Å². The Bertz CT molecular complexity index is 808. The van der Waals surface area contributed by atoms with Gasteiger partial charge in [-0.15, -0.1) is 0 Å². The molecule has 5 heteroatoms. The van der Waals surface area contributed by atoms with E-state index in [1.165, 1.54) is 11.1 Å². The maximum atomic E-state index is 12.1. The molecule has 0 radical (unpaired) electrons. The van der Waals surface area contributed by atoms with Crippen molar-refractivity contribution in [3.05, 3.63) is 90.5 Å². The number of aryl methyl sites for hydroxylation is 1. The number of amides is 1. The van der Waals surface area contributed by atoms with Crippen molar-refractivity contribution in [3.63, 3.8) is 0 Å². The topological polar surface area (TPSA) is 45.9 Å². The van der Waals surface area contributed by atoms with Crippen LogP contribution < -0.4 is 26.9 Å². The molecule has 0 aliphatic heterocycles. The molecule has 27 heavy (non-hydrogen) atoms. The van der Waals surface area contributed by atoms with Crippen molar-refractivity contribution in [2.24, 2.45) is 0 Å². The van der Waals surface area contributed by atoms with Gasteiger partial charge in [0.1, 0.15) is 6.54 Å². The summed E-state index contributed by atoms with van der Waals surface area (Å²) in [4.78, 5) is 16.1. The molecule has 2 heterocycles. The van der Waals surface area contributed by atoms with Crippen LogP contribution in [0.2, 0.25) is 0 Å². The highest BCUT2D eigenvalue weighted by molar-refractivity contribution is 5.90. The van der Waals surface area contributed by atoms with E-state index in [2.05, 4.69) is 27.0 Å². The van der Waals surface area contributed by atoms with Crippen molar-refractivity contribution < 1.29 is 26.3 Å². The number of pyridine rings is 2. The van der Waals surface area contributed by atoms with Gasteiger partial charge in [-0.1, -0.05) is 18.2 Å². The van der Waals surface area contributed by atoms with Gasteiger partial charge in [0.25, 0.3) is 0 Å². The van der Waals surface area contributed by atoms with Crippen LogP contribution in [0.15, 0.2) is 79.4 Å². The van der Waals surface area contributed by atoms with Crippen LogP contribution in [0.3, 0.4) is 0 Å². The van der Waals surface area contributed by atoms with Crippen molar-refractivity contribution in [2.45, 2.75) is 32.2 Å². The van der Waals surface area contributed by atoms with Gasteiger partial charge >= 0.3 is 0 Å². The minimum absolute atomic E-state index is 0. The lowest BCUT2D eigenvalue weighted by Gasteiger charge is -2.07. The molecule has 4 nitrogen and oxygen atoms in total. The van der Waals surface area contributed by atoms with Gasteiger partial charge in [0.15, 0.2) is 12.4 Å². The number of carbonyl (C=O) groups is 1. The SMILES string of the molecule is O=C(CCCC[n+]1ccccc1)Nc1ccc(Cc2ccncc2)cc1.[Br-]. The first-order valence-corrected chi connectivity index (χ1v) is 9.01. The van der Waals surface area contributed by atoms with Gasteiger partial charge in [-0.3, -0.25) is 9.78 Å². The summed E-state index contributed by atoms with van der Waals surface area (Å²) in [5, 5.41) is 2.98. The van der Waals surface area contributed by atoms with Crippen LogP contribution in [0.5, 0.6) is 0 Å². The summed E-state index contributed by atoms with van der Waals surface area (Å²) in [7, 11) is 0. The van der Waals surface area contributed by atoms with Gasteiger partial charge in [0.05, 0.1) is 0 Å². The number of nitrogens with zero attached hydrogens (tertiary/aromatic N) is 2. The number of benzene rings is 1. The molecule has 0 aliphatic rings. The predicted octanol–water partition coefficient (Wildman–Crippen LogP) is 0.773. The lowest BCUT2D eigenvalue weighted by Crippen LogP contribution is -3.00. The van der Waals surface area contributed by atoms with Gasteiger partial charge in [-0.05, 0) is 48.2 Å². The molecule has 0 saturated heterocycles. The Morgan fingerprint density at radius 1 is 0.889 bits per heavy atom. The highest BCUT2D eigenvalue weighted by Crippen LogP contribution is 2.14. The zero-order valence-electron chi connectivity index (χ0n) is 15.2. The number of hydrogen-bond donors (Lipinski definition) is 1. The fraction of sp³-hybridized carbons (Fsp3) is 0.227. The Hall–Kier alpha value is -2.53. The lowest BCUT2D eigenvalue weighted by molar-refractivity contribution is -0.697. The van der Waals surface area contributed by atoms with Crippen molar-refractivity contribution in [1.29, 1.82) is 0 Å². The molecule has 2 aromatic heterocycles. The van der Waals surface area contributed by atoms with Gasteiger partial charge in [-0.25, -0.2) is 4.57 Å². The largest absolute Gasteiger partial charge is 1.00 e. The molecule has 1 aromatic carbocycles. The van der Waals surface area contributed by atoms with Gasteiger partial charge < -0.3 is 22.3 Å². The summed E-state index contributed by atoms with van der Waals surface area (Å²) in [6.45, 7) is 0.942. The van der Waals surface area contributed by atoms with Crippen LogP contribution in [0.25, 0.3) is 0 Å². The minimum atomic E-state index is 0. The number of nitrogens with one attached hydrogen (secondary N) is 1. The fourth-order valence-electron chi connectivity index (χ4n) is 2.83. The molecule has 0 atom stereocenters. The van der Waals surface area contributed by atoms with Crippen molar-refractivity contribution >= 4 is 11.6 Å². The molecule has 0 fully saturated rings.